The van der Waals surface area contributed by atoms with E-state index in [1.165, 1.54) is 24.1 Å². The van der Waals surface area contributed by atoms with Gasteiger partial charge in [-0.2, -0.15) is 0 Å². The Kier molecular flexibility index (Phi) is 8.69. The van der Waals surface area contributed by atoms with Crippen LogP contribution in [0.15, 0.2) is 88.2 Å². The molecule has 0 saturated heterocycles. The van der Waals surface area contributed by atoms with E-state index >= 15 is 0 Å². The Labute approximate surface area is 214 Å². The molecule has 3 aromatic rings. The fourth-order valence-electron chi connectivity index (χ4n) is 3.62. The third-order valence-electron chi connectivity index (χ3n) is 5.74. The highest BCUT2D eigenvalue weighted by Gasteiger charge is 2.32. The fourth-order valence-corrected chi connectivity index (χ4v) is 5.32. The van der Waals surface area contributed by atoms with E-state index in [0.717, 1.165) is 19.9 Å². The predicted octanol–water partition coefficient (Wildman–Crippen LogP) is 4.12. The van der Waals surface area contributed by atoms with E-state index in [4.69, 9.17) is 0 Å². The van der Waals surface area contributed by atoms with Crippen LogP contribution in [0.4, 0.5) is 5.69 Å². The Balaban J connectivity index is 2.02. The molecule has 184 valence electrons. The van der Waals surface area contributed by atoms with Crippen LogP contribution in [0.2, 0.25) is 0 Å². The molecule has 0 fully saturated rings. The van der Waals surface area contributed by atoms with Gasteiger partial charge in [0.1, 0.15) is 12.6 Å². The van der Waals surface area contributed by atoms with Gasteiger partial charge in [-0.1, -0.05) is 58.4 Å². The zero-order valence-corrected chi connectivity index (χ0v) is 22.2. The highest BCUT2D eigenvalue weighted by atomic mass is 79.9. The highest BCUT2D eigenvalue weighted by Crippen LogP contribution is 2.26. The minimum absolute atomic E-state index is 0.0699. The van der Waals surface area contributed by atoms with Crippen LogP contribution in [-0.4, -0.2) is 44.8 Å². The van der Waals surface area contributed by atoms with Crippen molar-refractivity contribution in [2.24, 2.45) is 0 Å². The van der Waals surface area contributed by atoms with Crippen molar-refractivity contribution in [3.05, 3.63) is 94.5 Å². The summed E-state index contributed by atoms with van der Waals surface area (Å²) in [5.41, 5.74) is 2.18. The highest BCUT2D eigenvalue weighted by molar-refractivity contribution is 9.10. The molecular weight excluding hydrogens is 530 g/mol. The third-order valence-corrected chi connectivity index (χ3v) is 8.06. The second-order valence-corrected chi connectivity index (χ2v) is 10.8. The number of carbonyl (C=O) groups is 2. The third kappa shape index (κ3) is 6.29. The van der Waals surface area contributed by atoms with Gasteiger partial charge < -0.3 is 10.2 Å². The number of hydrogen-bond acceptors (Lipinski definition) is 4. The molecule has 0 aromatic heterocycles. The van der Waals surface area contributed by atoms with Crippen LogP contribution in [0.25, 0.3) is 0 Å². The topological polar surface area (TPSA) is 86.8 Å². The molecule has 0 aliphatic carbocycles. The van der Waals surface area contributed by atoms with Crippen LogP contribution in [0.1, 0.15) is 18.1 Å². The maximum Gasteiger partial charge on any atom is 0.264 e. The number of anilines is 1. The summed E-state index contributed by atoms with van der Waals surface area (Å²) in [4.78, 5) is 27.7. The molecule has 0 saturated carbocycles. The SMILES string of the molecule is CNC(=O)[C@H](C)N(Cc1ccccc1C)C(=O)CN(c1ccc(Br)cc1)S(=O)(=O)c1ccccc1. The average Bonchev–Trinajstić information content (AvgIpc) is 2.86. The van der Waals surface area contributed by atoms with Crippen LogP contribution >= 0.6 is 15.9 Å². The number of carbonyl (C=O) groups excluding carboxylic acids is 2. The summed E-state index contributed by atoms with van der Waals surface area (Å²) in [6.07, 6.45) is 0. The summed E-state index contributed by atoms with van der Waals surface area (Å²) in [5.74, 6) is -0.833. The second kappa shape index (κ2) is 11.5. The number of nitrogens with one attached hydrogen (secondary N) is 1. The van der Waals surface area contributed by atoms with Gasteiger partial charge in [0.15, 0.2) is 0 Å². The molecular formula is C26H28BrN3O4S. The predicted molar refractivity (Wildman–Crippen MR) is 140 cm³/mol. The van der Waals surface area contributed by atoms with E-state index in [0.29, 0.717) is 5.69 Å². The molecule has 1 atom stereocenters. The first kappa shape index (κ1) is 26.4. The summed E-state index contributed by atoms with van der Waals surface area (Å²) in [6.45, 7) is 3.26. The Morgan fingerprint density at radius 3 is 2.14 bits per heavy atom. The Bertz CT molecular complexity index is 1280. The van der Waals surface area contributed by atoms with Crippen molar-refractivity contribution in [1.29, 1.82) is 0 Å². The number of halogens is 1. The lowest BCUT2D eigenvalue weighted by molar-refractivity contribution is -0.139. The first-order chi connectivity index (χ1) is 16.6. The number of nitrogens with zero attached hydrogens (tertiary/aromatic N) is 2. The molecule has 1 N–H and O–H groups in total. The van der Waals surface area contributed by atoms with E-state index in [2.05, 4.69) is 21.2 Å². The Morgan fingerprint density at radius 1 is 0.943 bits per heavy atom. The number of hydrogen-bond donors (Lipinski definition) is 1. The van der Waals surface area contributed by atoms with E-state index in [9.17, 15) is 18.0 Å². The van der Waals surface area contributed by atoms with Crippen molar-refractivity contribution in [3.63, 3.8) is 0 Å². The van der Waals surface area contributed by atoms with Gasteiger partial charge in [-0.3, -0.25) is 13.9 Å². The van der Waals surface area contributed by atoms with Gasteiger partial charge in [0.2, 0.25) is 11.8 Å². The molecule has 0 unspecified atom stereocenters. The summed E-state index contributed by atoms with van der Waals surface area (Å²) in [5, 5.41) is 2.58. The van der Waals surface area contributed by atoms with Crippen molar-refractivity contribution in [1.82, 2.24) is 10.2 Å². The maximum atomic E-state index is 13.7. The molecule has 0 aliphatic rings. The summed E-state index contributed by atoms with van der Waals surface area (Å²) >= 11 is 3.36. The van der Waals surface area contributed by atoms with Crippen LogP contribution in [0, 0.1) is 6.92 Å². The van der Waals surface area contributed by atoms with Gasteiger partial charge >= 0.3 is 0 Å². The van der Waals surface area contributed by atoms with Crippen molar-refractivity contribution < 1.29 is 18.0 Å². The van der Waals surface area contributed by atoms with Crippen molar-refractivity contribution in [2.75, 3.05) is 17.9 Å². The molecule has 2 amide bonds. The van der Waals surface area contributed by atoms with E-state index in [-0.39, 0.29) is 17.3 Å². The van der Waals surface area contributed by atoms with Crippen molar-refractivity contribution in [2.45, 2.75) is 31.3 Å². The van der Waals surface area contributed by atoms with Gasteiger partial charge in [-0.15, -0.1) is 0 Å². The Morgan fingerprint density at radius 2 is 1.54 bits per heavy atom. The maximum absolute atomic E-state index is 13.7. The lowest BCUT2D eigenvalue weighted by Crippen LogP contribution is -2.50. The van der Waals surface area contributed by atoms with Crippen LogP contribution in [-0.2, 0) is 26.2 Å². The number of rotatable bonds is 9. The summed E-state index contributed by atoms with van der Waals surface area (Å²) in [7, 11) is -2.55. The molecule has 0 bridgehead atoms. The average molecular weight is 558 g/mol. The standard InChI is InChI=1S/C26H28BrN3O4S/c1-19-9-7-8-10-21(19)17-29(20(2)26(32)28-3)25(31)18-30(23-15-13-22(27)14-16-23)35(33,34)24-11-5-4-6-12-24/h4-16,20H,17-18H2,1-3H3,(H,28,32)/t20-/m0/s1. The van der Waals surface area contributed by atoms with Gasteiger partial charge in [-0.05, 0) is 61.4 Å². The zero-order valence-electron chi connectivity index (χ0n) is 19.8. The molecule has 3 aromatic carbocycles. The van der Waals surface area contributed by atoms with Gasteiger partial charge in [0.25, 0.3) is 10.0 Å². The van der Waals surface area contributed by atoms with Crippen LogP contribution < -0.4 is 9.62 Å². The number of sulfonamides is 1. The van der Waals surface area contributed by atoms with Gasteiger partial charge in [0.05, 0.1) is 10.6 Å². The van der Waals surface area contributed by atoms with Crippen molar-refractivity contribution >= 4 is 43.5 Å². The Hall–Kier alpha value is -3.17. The molecule has 0 spiro atoms. The lowest BCUT2D eigenvalue weighted by Gasteiger charge is -2.32. The molecule has 0 aliphatic heterocycles. The normalized spacial score (nSPS) is 12.0. The lowest BCUT2D eigenvalue weighted by atomic mass is 10.1. The quantitative estimate of drug-likeness (QED) is 0.428. The summed E-state index contributed by atoms with van der Waals surface area (Å²) < 4.78 is 29.1. The first-order valence-corrected chi connectivity index (χ1v) is 13.3. The second-order valence-electron chi connectivity index (χ2n) is 8.04. The molecule has 7 nitrogen and oxygen atoms in total. The van der Waals surface area contributed by atoms with E-state index < -0.39 is 28.5 Å². The van der Waals surface area contributed by atoms with Crippen LogP contribution in [0.5, 0.6) is 0 Å². The number of amides is 2. The number of benzene rings is 3. The van der Waals surface area contributed by atoms with E-state index in [1.807, 2.05) is 31.2 Å². The molecule has 0 heterocycles. The van der Waals surface area contributed by atoms with E-state index in [1.54, 1.807) is 49.4 Å². The smallest absolute Gasteiger partial charge is 0.264 e. The zero-order chi connectivity index (χ0) is 25.6. The first-order valence-electron chi connectivity index (χ1n) is 11.0. The summed E-state index contributed by atoms with van der Waals surface area (Å²) in [6, 6.07) is 21.4. The largest absolute Gasteiger partial charge is 0.357 e. The van der Waals surface area contributed by atoms with Gasteiger partial charge in [0, 0.05) is 18.1 Å². The minimum atomic E-state index is -4.06. The number of likely N-dealkylation sites (N-methyl/N-ethyl adjacent to an activating group) is 1. The molecule has 35 heavy (non-hydrogen) atoms. The van der Waals surface area contributed by atoms with Crippen LogP contribution in [0.3, 0.4) is 0 Å². The fraction of sp³-hybridized carbons (Fsp3) is 0.231. The molecule has 3 rings (SSSR count). The van der Waals surface area contributed by atoms with Crippen molar-refractivity contribution in [3.8, 4) is 0 Å². The molecule has 0 radical (unpaired) electrons. The number of aryl methyl sites for hydroxylation is 1. The minimum Gasteiger partial charge on any atom is -0.357 e. The molecule has 9 heteroatoms. The monoisotopic (exact) mass is 557 g/mol. The van der Waals surface area contributed by atoms with Gasteiger partial charge in [-0.25, -0.2) is 8.42 Å².